The third-order valence-corrected chi connectivity index (χ3v) is 5.44. The van der Waals surface area contributed by atoms with Crippen molar-refractivity contribution in [3.63, 3.8) is 0 Å². The van der Waals surface area contributed by atoms with Crippen LogP contribution in [0.1, 0.15) is 41.8 Å². The van der Waals surface area contributed by atoms with E-state index < -0.39 is 6.10 Å². The summed E-state index contributed by atoms with van der Waals surface area (Å²) < 4.78 is 5.61. The molecular formula is C21H21Cl2NO3. The quantitative estimate of drug-likeness (QED) is 0.660. The van der Waals surface area contributed by atoms with E-state index in [0.717, 1.165) is 5.56 Å². The first kappa shape index (κ1) is 19.7. The highest BCUT2D eigenvalue weighted by atomic mass is 35.5. The van der Waals surface area contributed by atoms with Gasteiger partial charge in [-0.2, -0.15) is 0 Å². The van der Waals surface area contributed by atoms with Gasteiger partial charge in [-0.1, -0.05) is 41.4 Å². The maximum atomic E-state index is 12.5. The number of esters is 1. The number of carbonyl (C=O) groups is 2. The maximum absolute atomic E-state index is 12.5. The summed E-state index contributed by atoms with van der Waals surface area (Å²) in [6.45, 7) is 2.88. The Morgan fingerprint density at radius 1 is 1.04 bits per heavy atom. The third kappa shape index (κ3) is 4.82. The van der Waals surface area contributed by atoms with Crippen LogP contribution < -0.4 is 0 Å². The SMILES string of the molecule is C[C@@H](OC(=O)C1CCN(C(=O)c2ccc(Cl)cc2)CC1)c1ccccc1Cl. The lowest BCUT2D eigenvalue weighted by Crippen LogP contribution is -2.40. The minimum absolute atomic E-state index is 0.0390. The molecule has 1 saturated heterocycles. The zero-order chi connectivity index (χ0) is 19.4. The summed E-state index contributed by atoms with van der Waals surface area (Å²) in [6, 6.07) is 14.2. The molecule has 0 unspecified atom stereocenters. The summed E-state index contributed by atoms with van der Waals surface area (Å²) >= 11 is 12.0. The topological polar surface area (TPSA) is 46.6 Å². The van der Waals surface area contributed by atoms with E-state index in [-0.39, 0.29) is 17.8 Å². The largest absolute Gasteiger partial charge is 0.458 e. The molecule has 2 aromatic rings. The van der Waals surface area contributed by atoms with Crippen LogP contribution in [-0.2, 0) is 9.53 Å². The molecule has 2 aromatic carbocycles. The molecule has 0 saturated carbocycles. The van der Waals surface area contributed by atoms with Crippen LogP contribution in [0.4, 0.5) is 0 Å². The minimum Gasteiger partial charge on any atom is -0.458 e. The molecule has 0 spiro atoms. The van der Waals surface area contributed by atoms with Gasteiger partial charge in [-0.3, -0.25) is 9.59 Å². The molecule has 1 aliphatic rings. The summed E-state index contributed by atoms with van der Waals surface area (Å²) in [5.74, 6) is -0.479. The number of likely N-dealkylation sites (tertiary alicyclic amines) is 1. The number of hydrogen-bond acceptors (Lipinski definition) is 3. The average molecular weight is 406 g/mol. The zero-order valence-corrected chi connectivity index (χ0v) is 16.5. The molecule has 1 atom stereocenters. The molecule has 0 bridgehead atoms. The van der Waals surface area contributed by atoms with Crippen molar-refractivity contribution in [2.45, 2.75) is 25.9 Å². The Kier molecular flexibility index (Phi) is 6.40. The van der Waals surface area contributed by atoms with E-state index in [1.54, 1.807) is 35.2 Å². The molecule has 27 heavy (non-hydrogen) atoms. The van der Waals surface area contributed by atoms with Crippen molar-refractivity contribution in [1.29, 1.82) is 0 Å². The van der Waals surface area contributed by atoms with Gasteiger partial charge in [0.2, 0.25) is 0 Å². The van der Waals surface area contributed by atoms with Gasteiger partial charge in [0, 0.05) is 34.3 Å². The van der Waals surface area contributed by atoms with E-state index in [1.165, 1.54) is 0 Å². The zero-order valence-electron chi connectivity index (χ0n) is 15.0. The molecule has 0 aliphatic carbocycles. The number of rotatable bonds is 4. The Morgan fingerprint density at radius 3 is 2.30 bits per heavy atom. The van der Waals surface area contributed by atoms with Crippen molar-refractivity contribution >= 4 is 35.1 Å². The van der Waals surface area contributed by atoms with E-state index in [2.05, 4.69) is 0 Å². The van der Waals surface area contributed by atoms with Crippen molar-refractivity contribution in [2.24, 2.45) is 5.92 Å². The normalized spacial score (nSPS) is 16.0. The molecule has 0 radical (unpaired) electrons. The van der Waals surface area contributed by atoms with Crippen molar-refractivity contribution in [1.82, 2.24) is 4.90 Å². The number of carbonyl (C=O) groups excluding carboxylic acids is 2. The van der Waals surface area contributed by atoms with Crippen molar-refractivity contribution in [2.75, 3.05) is 13.1 Å². The summed E-state index contributed by atoms with van der Waals surface area (Å²) in [4.78, 5) is 26.8. The standard InChI is InChI=1S/C21H21Cl2NO3/c1-14(18-4-2-3-5-19(18)23)27-21(26)16-10-12-24(13-11-16)20(25)15-6-8-17(22)9-7-15/h2-9,14,16H,10-13H2,1H3/t14-/m1/s1. The van der Waals surface area contributed by atoms with Crippen LogP contribution in [0.5, 0.6) is 0 Å². The van der Waals surface area contributed by atoms with Crippen LogP contribution in [0, 0.1) is 5.92 Å². The van der Waals surface area contributed by atoms with Gasteiger partial charge in [0.1, 0.15) is 6.10 Å². The maximum Gasteiger partial charge on any atom is 0.309 e. The lowest BCUT2D eigenvalue weighted by Gasteiger charge is -2.31. The number of hydrogen-bond donors (Lipinski definition) is 0. The summed E-state index contributed by atoms with van der Waals surface area (Å²) in [5, 5.41) is 1.18. The van der Waals surface area contributed by atoms with Gasteiger partial charge in [0.05, 0.1) is 5.92 Å². The highest BCUT2D eigenvalue weighted by Gasteiger charge is 2.30. The van der Waals surface area contributed by atoms with Gasteiger partial charge < -0.3 is 9.64 Å². The fourth-order valence-corrected chi connectivity index (χ4v) is 3.65. The smallest absolute Gasteiger partial charge is 0.309 e. The monoisotopic (exact) mass is 405 g/mol. The lowest BCUT2D eigenvalue weighted by molar-refractivity contribution is -0.155. The summed E-state index contributed by atoms with van der Waals surface area (Å²) in [6.07, 6.45) is 0.779. The minimum atomic E-state index is -0.403. The molecule has 4 nitrogen and oxygen atoms in total. The van der Waals surface area contributed by atoms with Crippen LogP contribution in [0.2, 0.25) is 10.0 Å². The predicted molar refractivity (Wildman–Crippen MR) is 106 cm³/mol. The van der Waals surface area contributed by atoms with Crippen LogP contribution in [-0.4, -0.2) is 29.9 Å². The second-order valence-electron chi connectivity index (χ2n) is 6.67. The van der Waals surface area contributed by atoms with E-state index >= 15 is 0 Å². The molecule has 1 amide bonds. The van der Waals surface area contributed by atoms with Crippen LogP contribution in [0.15, 0.2) is 48.5 Å². The van der Waals surface area contributed by atoms with Crippen molar-refractivity contribution in [3.05, 3.63) is 69.7 Å². The van der Waals surface area contributed by atoms with Gasteiger partial charge in [0.15, 0.2) is 0 Å². The van der Waals surface area contributed by atoms with Gasteiger partial charge in [-0.05, 0) is 50.1 Å². The fourth-order valence-electron chi connectivity index (χ4n) is 3.23. The van der Waals surface area contributed by atoms with Crippen molar-refractivity contribution in [3.8, 4) is 0 Å². The molecule has 1 fully saturated rings. The van der Waals surface area contributed by atoms with Crippen molar-refractivity contribution < 1.29 is 14.3 Å². The first-order chi connectivity index (χ1) is 13.0. The first-order valence-electron chi connectivity index (χ1n) is 8.95. The first-order valence-corrected chi connectivity index (χ1v) is 9.71. The van der Waals surface area contributed by atoms with Gasteiger partial charge in [-0.15, -0.1) is 0 Å². The van der Waals surface area contributed by atoms with Crippen LogP contribution in [0.3, 0.4) is 0 Å². The van der Waals surface area contributed by atoms with Crippen LogP contribution in [0.25, 0.3) is 0 Å². The number of piperidine rings is 1. The highest BCUT2D eigenvalue weighted by Crippen LogP contribution is 2.28. The molecule has 3 rings (SSSR count). The van der Waals surface area contributed by atoms with E-state index in [1.807, 2.05) is 25.1 Å². The predicted octanol–water partition coefficient (Wildman–Crippen LogP) is 5.15. The van der Waals surface area contributed by atoms with Gasteiger partial charge >= 0.3 is 5.97 Å². The second-order valence-corrected chi connectivity index (χ2v) is 7.52. The molecule has 0 N–H and O–H groups in total. The van der Waals surface area contributed by atoms with Crippen LogP contribution >= 0.6 is 23.2 Å². The Balaban J connectivity index is 1.54. The summed E-state index contributed by atoms with van der Waals surface area (Å²) in [7, 11) is 0. The van der Waals surface area contributed by atoms with Gasteiger partial charge in [-0.25, -0.2) is 0 Å². The molecule has 0 aromatic heterocycles. The van der Waals surface area contributed by atoms with Gasteiger partial charge in [0.25, 0.3) is 5.91 Å². The van der Waals surface area contributed by atoms with E-state index in [9.17, 15) is 9.59 Å². The molecular weight excluding hydrogens is 385 g/mol. The molecule has 1 heterocycles. The number of nitrogens with zero attached hydrogens (tertiary/aromatic N) is 1. The average Bonchev–Trinajstić information content (AvgIpc) is 2.68. The second kappa shape index (κ2) is 8.77. The fraction of sp³-hybridized carbons (Fsp3) is 0.333. The Bertz CT molecular complexity index is 814. The Morgan fingerprint density at radius 2 is 1.67 bits per heavy atom. The molecule has 142 valence electrons. The third-order valence-electron chi connectivity index (χ3n) is 4.84. The summed E-state index contributed by atoms with van der Waals surface area (Å²) in [5.41, 5.74) is 1.40. The number of halogens is 2. The highest BCUT2D eigenvalue weighted by molar-refractivity contribution is 6.31. The van der Waals surface area contributed by atoms with E-state index in [4.69, 9.17) is 27.9 Å². The lowest BCUT2D eigenvalue weighted by atomic mass is 9.96. The number of benzene rings is 2. The number of ether oxygens (including phenoxy) is 1. The Labute approximate surface area is 169 Å². The Hall–Kier alpha value is -2.04. The molecule has 1 aliphatic heterocycles. The molecule has 6 heteroatoms. The van der Waals surface area contributed by atoms with E-state index in [0.29, 0.717) is 41.5 Å². The number of amides is 1.